The molecule has 3 aliphatic rings. The summed E-state index contributed by atoms with van der Waals surface area (Å²) < 4.78 is 0. The first kappa shape index (κ1) is 32.3. The van der Waals surface area contributed by atoms with E-state index in [0.717, 1.165) is 77.5 Å². The lowest BCUT2D eigenvalue weighted by atomic mass is 9.92. The first-order valence-corrected chi connectivity index (χ1v) is 17.6. The van der Waals surface area contributed by atoms with Crippen LogP contribution >= 0.6 is 0 Å². The summed E-state index contributed by atoms with van der Waals surface area (Å²) in [5, 5.41) is 12.4. The van der Waals surface area contributed by atoms with Crippen LogP contribution < -0.4 is 10.9 Å². The standard InChI is InChI=1S/C37H48N8O3/c1-25-20-26(21-29-24-38-41-34(25)29)22-33(36(47)44-18-16-43(17-19-44)30-10-13-42(2)14-11-30)40-37(48)45-12-5-7-27(9-15-45)31-23-28-6-3-4-8-32(28)39-35(31)46/h3-4,6,8,20-21,23-24,27,30,33H,5,7,9-19,22H2,1-2H3,(H,38,41)(H,39,46)(H,40,48). The number of fused-ring (bicyclic) bond motifs is 2. The first-order chi connectivity index (χ1) is 23.3. The number of rotatable bonds is 6. The normalized spacial score (nSPS) is 21.0. The average molecular weight is 653 g/mol. The van der Waals surface area contributed by atoms with Crippen molar-refractivity contribution in [1.29, 1.82) is 0 Å². The molecule has 3 saturated heterocycles. The molecule has 0 spiro atoms. The number of aryl methyl sites for hydroxylation is 1. The zero-order valence-corrected chi connectivity index (χ0v) is 28.2. The lowest BCUT2D eigenvalue weighted by Gasteiger charge is -2.43. The predicted octanol–water partition coefficient (Wildman–Crippen LogP) is 3.84. The van der Waals surface area contributed by atoms with E-state index >= 15 is 0 Å². The highest BCUT2D eigenvalue weighted by atomic mass is 16.2. The second-order valence-corrected chi connectivity index (χ2v) is 14.1. The molecule has 3 N–H and O–H groups in total. The number of carbonyl (C=O) groups is 2. The van der Waals surface area contributed by atoms with Crippen molar-refractivity contribution >= 4 is 33.7 Å². The molecule has 0 radical (unpaired) electrons. The Balaban J connectivity index is 1.04. The van der Waals surface area contributed by atoms with E-state index in [2.05, 4.69) is 49.5 Å². The van der Waals surface area contributed by atoms with E-state index in [9.17, 15) is 14.4 Å². The largest absolute Gasteiger partial charge is 0.338 e. The van der Waals surface area contributed by atoms with Gasteiger partial charge in [0.2, 0.25) is 5.91 Å². The number of aromatic amines is 2. The van der Waals surface area contributed by atoms with E-state index in [1.165, 1.54) is 12.8 Å². The number of hydrogen-bond acceptors (Lipinski definition) is 6. The fourth-order valence-corrected chi connectivity index (χ4v) is 8.07. The van der Waals surface area contributed by atoms with Crippen LogP contribution in [0.3, 0.4) is 0 Å². The summed E-state index contributed by atoms with van der Waals surface area (Å²) >= 11 is 0. The Bertz CT molecular complexity index is 1820. The number of aromatic nitrogens is 3. The number of benzene rings is 2. The number of carbonyl (C=O) groups excluding carboxylic acids is 2. The van der Waals surface area contributed by atoms with Crippen molar-refractivity contribution in [3.8, 4) is 0 Å². The molecular weight excluding hydrogens is 604 g/mol. The number of nitrogens with zero attached hydrogens (tertiary/aromatic N) is 5. The van der Waals surface area contributed by atoms with Crippen molar-refractivity contribution in [2.24, 2.45) is 0 Å². The van der Waals surface area contributed by atoms with Crippen molar-refractivity contribution in [3.05, 3.63) is 75.7 Å². The summed E-state index contributed by atoms with van der Waals surface area (Å²) in [5.74, 6) is 0.0471. The number of pyridine rings is 1. The number of piperazine rings is 1. The van der Waals surface area contributed by atoms with E-state index in [4.69, 9.17) is 0 Å². The minimum absolute atomic E-state index is 0.0216. The summed E-state index contributed by atoms with van der Waals surface area (Å²) in [6, 6.07) is 13.7. The Kier molecular flexibility index (Phi) is 9.50. The molecular formula is C37H48N8O3. The zero-order chi connectivity index (χ0) is 33.2. The third-order valence-corrected chi connectivity index (χ3v) is 10.9. The quantitative estimate of drug-likeness (QED) is 0.291. The molecule has 2 atom stereocenters. The summed E-state index contributed by atoms with van der Waals surface area (Å²) in [5.41, 5.74) is 4.61. The van der Waals surface area contributed by atoms with Gasteiger partial charge >= 0.3 is 6.03 Å². The smallest absolute Gasteiger partial charge is 0.318 e. The fraction of sp³-hybridized carbons (Fsp3) is 0.514. The van der Waals surface area contributed by atoms with E-state index in [0.29, 0.717) is 45.1 Å². The maximum absolute atomic E-state index is 14.2. The Morgan fingerprint density at radius 1 is 0.917 bits per heavy atom. The molecule has 48 heavy (non-hydrogen) atoms. The molecule has 2 unspecified atom stereocenters. The summed E-state index contributed by atoms with van der Waals surface area (Å²) in [7, 11) is 2.18. The van der Waals surface area contributed by atoms with Crippen molar-refractivity contribution in [2.45, 2.75) is 63.5 Å². The second-order valence-electron chi connectivity index (χ2n) is 14.1. The predicted molar refractivity (Wildman–Crippen MR) is 188 cm³/mol. The fourth-order valence-electron chi connectivity index (χ4n) is 8.07. The van der Waals surface area contributed by atoms with Gasteiger partial charge < -0.3 is 25.0 Å². The van der Waals surface area contributed by atoms with E-state index in [1.807, 2.05) is 47.1 Å². The van der Waals surface area contributed by atoms with Crippen LogP contribution in [0.25, 0.3) is 21.8 Å². The molecule has 0 bridgehead atoms. The second kappa shape index (κ2) is 14.1. The summed E-state index contributed by atoms with van der Waals surface area (Å²) in [4.78, 5) is 52.9. The van der Waals surface area contributed by atoms with Crippen LogP contribution in [-0.2, 0) is 11.2 Å². The van der Waals surface area contributed by atoms with Crippen LogP contribution in [0.2, 0.25) is 0 Å². The topological polar surface area (TPSA) is 121 Å². The number of H-pyrrole nitrogens is 2. The first-order valence-electron chi connectivity index (χ1n) is 17.6. The molecule has 5 heterocycles. The number of piperidine rings is 1. The number of hydrogen-bond donors (Lipinski definition) is 3. The number of para-hydroxylation sites is 1. The van der Waals surface area contributed by atoms with Gasteiger partial charge in [-0.15, -0.1) is 0 Å². The molecule has 2 aromatic carbocycles. The maximum Gasteiger partial charge on any atom is 0.318 e. The van der Waals surface area contributed by atoms with Gasteiger partial charge in [-0.05, 0) is 99.8 Å². The van der Waals surface area contributed by atoms with Gasteiger partial charge in [0.15, 0.2) is 0 Å². The zero-order valence-electron chi connectivity index (χ0n) is 28.2. The van der Waals surface area contributed by atoms with Gasteiger partial charge in [-0.1, -0.05) is 24.3 Å². The molecule has 4 aromatic rings. The third kappa shape index (κ3) is 6.98. The third-order valence-electron chi connectivity index (χ3n) is 10.9. The molecule has 11 heteroatoms. The van der Waals surface area contributed by atoms with Gasteiger partial charge in [0.05, 0.1) is 11.7 Å². The van der Waals surface area contributed by atoms with Gasteiger partial charge in [-0.25, -0.2) is 4.79 Å². The van der Waals surface area contributed by atoms with Gasteiger partial charge in [0.1, 0.15) is 6.04 Å². The summed E-state index contributed by atoms with van der Waals surface area (Å²) in [6.45, 7) is 8.46. The molecule has 3 amide bonds. The van der Waals surface area contributed by atoms with Crippen molar-refractivity contribution < 1.29 is 9.59 Å². The van der Waals surface area contributed by atoms with E-state index < -0.39 is 6.04 Å². The molecule has 0 aliphatic carbocycles. The average Bonchev–Trinajstić information content (AvgIpc) is 3.44. The van der Waals surface area contributed by atoms with Gasteiger partial charge in [0, 0.05) is 68.2 Å². The highest BCUT2D eigenvalue weighted by Gasteiger charge is 2.33. The summed E-state index contributed by atoms with van der Waals surface area (Å²) in [6.07, 6.45) is 6.87. The Labute approximate surface area is 281 Å². The van der Waals surface area contributed by atoms with Crippen LogP contribution in [0.4, 0.5) is 4.79 Å². The highest BCUT2D eigenvalue weighted by molar-refractivity contribution is 5.88. The van der Waals surface area contributed by atoms with Crippen molar-refractivity contribution in [3.63, 3.8) is 0 Å². The SMILES string of the molecule is Cc1cc(CC(NC(=O)N2CCCC(c3cc4ccccc4[nH]c3=O)CC2)C(=O)N2CCN(C3CCN(C)CC3)CC2)cc2cn[nH]c12. The Hall–Kier alpha value is -4.22. The molecule has 3 aliphatic heterocycles. The Morgan fingerprint density at radius 3 is 2.52 bits per heavy atom. The van der Waals surface area contributed by atoms with Crippen LogP contribution in [0.1, 0.15) is 54.7 Å². The minimum atomic E-state index is -0.682. The van der Waals surface area contributed by atoms with Crippen molar-refractivity contribution in [1.82, 2.24) is 40.1 Å². The molecule has 2 aromatic heterocycles. The van der Waals surface area contributed by atoms with Gasteiger partial charge in [-0.2, -0.15) is 5.10 Å². The van der Waals surface area contributed by atoms with E-state index in [-0.39, 0.29) is 23.4 Å². The molecule has 7 rings (SSSR count). The van der Waals surface area contributed by atoms with Crippen LogP contribution in [0, 0.1) is 6.92 Å². The molecule has 3 fully saturated rings. The van der Waals surface area contributed by atoms with Crippen LogP contribution in [0.15, 0.2) is 53.5 Å². The van der Waals surface area contributed by atoms with Crippen LogP contribution in [-0.4, -0.2) is 118 Å². The number of likely N-dealkylation sites (tertiary alicyclic amines) is 2. The highest BCUT2D eigenvalue weighted by Crippen LogP contribution is 2.28. The molecule has 254 valence electrons. The lowest BCUT2D eigenvalue weighted by molar-refractivity contribution is -0.135. The Morgan fingerprint density at radius 2 is 1.71 bits per heavy atom. The number of urea groups is 1. The minimum Gasteiger partial charge on any atom is -0.338 e. The maximum atomic E-state index is 14.2. The van der Waals surface area contributed by atoms with E-state index in [1.54, 1.807) is 6.20 Å². The number of nitrogens with one attached hydrogen (secondary N) is 3. The lowest BCUT2D eigenvalue weighted by Crippen LogP contribution is -2.58. The van der Waals surface area contributed by atoms with Gasteiger partial charge in [0.25, 0.3) is 5.56 Å². The van der Waals surface area contributed by atoms with Crippen LogP contribution in [0.5, 0.6) is 0 Å². The monoisotopic (exact) mass is 652 g/mol. The van der Waals surface area contributed by atoms with Gasteiger partial charge in [-0.3, -0.25) is 19.6 Å². The molecule has 11 nitrogen and oxygen atoms in total. The molecule has 0 saturated carbocycles. The van der Waals surface area contributed by atoms with Crippen molar-refractivity contribution in [2.75, 3.05) is 59.4 Å². The number of amides is 3.